The van der Waals surface area contributed by atoms with E-state index in [-0.39, 0.29) is 0 Å². The number of benzene rings is 1. The monoisotopic (exact) mass is 359 g/mol. The van der Waals surface area contributed by atoms with Gasteiger partial charge in [-0.15, -0.1) is 11.8 Å². The molecule has 1 heterocycles. The topological polar surface area (TPSA) is 43.8 Å². The van der Waals surface area contributed by atoms with E-state index in [0.29, 0.717) is 10.7 Å². The summed E-state index contributed by atoms with van der Waals surface area (Å²) in [5.74, 6) is 0.776. The summed E-state index contributed by atoms with van der Waals surface area (Å²) in [4.78, 5) is 0.926. The van der Waals surface area contributed by atoms with Crippen LogP contribution in [0.4, 0.5) is 5.69 Å². The van der Waals surface area contributed by atoms with Gasteiger partial charge in [-0.05, 0) is 34.5 Å². The average molecular weight is 361 g/mol. The molecule has 1 aromatic carbocycles. The predicted octanol–water partition coefficient (Wildman–Crippen LogP) is 4.27. The van der Waals surface area contributed by atoms with Gasteiger partial charge in [0.2, 0.25) is 0 Å². The number of aryl methyl sites for hydroxylation is 2. The van der Waals surface area contributed by atoms with Crippen LogP contribution in [0.3, 0.4) is 0 Å². The largest absolute Gasteiger partial charge is 0.398 e. The zero-order chi connectivity index (χ0) is 14.0. The van der Waals surface area contributed by atoms with Crippen molar-refractivity contribution in [3.8, 4) is 0 Å². The maximum Gasteiger partial charge on any atom is 0.0767 e. The molecule has 0 atom stereocenters. The van der Waals surface area contributed by atoms with Crippen molar-refractivity contribution in [2.24, 2.45) is 7.05 Å². The van der Waals surface area contributed by atoms with Crippen molar-refractivity contribution in [3.05, 3.63) is 39.1 Å². The third-order valence-electron chi connectivity index (χ3n) is 2.85. The average Bonchev–Trinajstić information content (AvgIpc) is 2.65. The Labute approximate surface area is 130 Å². The summed E-state index contributed by atoms with van der Waals surface area (Å²) in [5.41, 5.74) is 8.88. The molecular weight excluding hydrogens is 346 g/mol. The number of thioether (sulfide) groups is 1. The van der Waals surface area contributed by atoms with Crippen molar-refractivity contribution in [1.82, 2.24) is 9.78 Å². The molecule has 0 spiro atoms. The van der Waals surface area contributed by atoms with Gasteiger partial charge in [-0.2, -0.15) is 5.10 Å². The fourth-order valence-electron chi connectivity index (χ4n) is 1.79. The van der Waals surface area contributed by atoms with Crippen molar-refractivity contribution in [2.75, 3.05) is 5.73 Å². The maximum atomic E-state index is 6.17. The molecule has 0 bridgehead atoms. The number of halogens is 2. The number of hydrogen-bond acceptors (Lipinski definition) is 3. The summed E-state index contributed by atoms with van der Waals surface area (Å²) in [7, 11) is 1.95. The molecule has 2 N–H and O–H groups in total. The molecule has 0 amide bonds. The quantitative estimate of drug-likeness (QED) is 0.654. The first-order valence-corrected chi connectivity index (χ1v) is 8.07. The fourth-order valence-corrected chi connectivity index (χ4v) is 4.14. The number of nitrogens with zero attached hydrogens (tertiary/aromatic N) is 2. The van der Waals surface area contributed by atoms with E-state index in [1.54, 1.807) is 11.8 Å². The number of rotatable bonds is 4. The number of anilines is 1. The van der Waals surface area contributed by atoms with Gasteiger partial charge in [-0.25, -0.2) is 0 Å². The molecule has 0 saturated carbocycles. The van der Waals surface area contributed by atoms with Crippen LogP contribution < -0.4 is 5.73 Å². The van der Waals surface area contributed by atoms with Crippen LogP contribution in [0.1, 0.15) is 18.3 Å². The Morgan fingerprint density at radius 1 is 1.47 bits per heavy atom. The van der Waals surface area contributed by atoms with Crippen LogP contribution in [0.15, 0.2) is 27.6 Å². The molecule has 0 aliphatic heterocycles. The van der Waals surface area contributed by atoms with Gasteiger partial charge < -0.3 is 5.73 Å². The maximum absolute atomic E-state index is 6.17. The number of hydrogen-bond donors (Lipinski definition) is 1. The summed E-state index contributed by atoms with van der Waals surface area (Å²) >= 11 is 11.4. The first-order chi connectivity index (χ1) is 9.04. The van der Waals surface area contributed by atoms with E-state index in [1.165, 1.54) is 0 Å². The van der Waals surface area contributed by atoms with E-state index in [2.05, 4.69) is 28.0 Å². The van der Waals surface area contributed by atoms with Crippen LogP contribution in [0.25, 0.3) is 0 Å². The Morgan fingerprint density at radius 3 is 2.79 bits per heavy atom. The summed E-state index contributed by atoms with van der Waals surface area (Å²) in [6.45, 7) is 2.09. The van der Waals surface area contributed by atoms with Crippen molar-refractivity contribution >= 4 is 45.0 Å². The third kappa shape index (κ3) is 3.09. The molecule has 2 rings (SSSR count). The van der Waals surface area contributed by atoms with Crippen molar-refractivity contribution in [1.29, 1.82) is 0 Å². The molecule has 0 radical (unpaired) electrons. The molecule has 1 aromatic heterocycles. The van der Waals surface area contributed by atoms with Gasteiger partial charge in [0.15, 0.2) is 0 Å². The summed E-state index contributed by atoms with van der Waals surface area (Å²) in [6, 6.07) is 5.58. The Morgan fingerprint density at radius 2 is 2.21 bits per heavy atom. The molecule has 0 fully saturated rings. The minimum absolute atomic E-state index is 0.694. The Bertz CT molecular complexity index is 578. The molecule has 0 saturated heterocycles. The summed E-state index contributed by atoms with van der Waals surface area (Å²) in [5, 5.41) is 5.17. The molecule has 0 aliphatic rings. The van der Waals surface area contributed by atoms with Gasteiger partial charge in [-0.1, -0.05) is 24.6 Å². The lowest BCUT2D eigenvalue weighted by molar-refractivity contribution is 0.719. The smallest absolute Gasteiger partial charge is 0.0767 e. The zero-order valence-electron chi connectivity index (χ0n) is 10.8. The SMILES string of the molecule is CCc1nn(C)c(CSc2c(N)cccc2Cl)c1Br. The van der Waals surface area contributed by atoms with E-state index >= 15 is 0 Å². The second-order valence-electron chi connectivity index (χ2n) is 4.13. The Balaban J connectivity index is 2.22. The molecule has 0 unspecified atom stereocenters. The van der Waals surface area contributed by atoms with Crippen molar-refractivity contribution < 1.29 is 0 Å². The lowest BCUT2D eigenvalue weighted by atomic mass is 10.3. The number of nitrogens with two attached hydrogens (primary N) is 1. The first kappa shape index (κ1) is 14.8. The van der Waals surface area contributed by atoms with Crippen LogP contribution in [0.2, 0.25) is 5.02 Å². The lowest BCUT2D eigenvalue weighted by Gasteiger charge is -2.08. The second-order valence-corrected chi connectivity index (χ2v) is 6.32. The normalized spacial score (nSPS) is 10.9. The first-order valence-electron chi connectivity index (χ1n) is 5.91. The third-order valence-corrected chi connectivity index (χ3v) is 5.36. The van der Waals surface area contributed by atoms with Gasteiger partial charge >= 0.3 is 0 Å². The lowest BCUT2D eigenvalue weighted by Crippen LogP contribution is -1.97. The molecule has 0 aliphatic carbocycles. The minimum Gasteiger partial charge on any atom is -0.398 e. The molecule has 2 aromatic rings. The van der Waals surface area contributed by atoms with Crippen LogP contribution >= 0.6 is 39.3 Å². The highest BCUT2D eigenvalue weighted by Gasteiger charge is 2.14. The van der Waals surface area contributed by atoms with Crippen LogP contribution in [-0.4, -0.2) is 9.78 Å². The molecular formula is C13H15BrClN3S. The standard InChI is InChI=1S/C13H15BrClN3S/c1-3-10-12(14)11(18(2)17-10)7-19-13-8(15)5-4-6-9(13)16/h4-6H,3,7,16H2,1-2H3. The second kappa shape index (κ2) is 6.20. The van der Waals surface area contributed by atoms with Gasteiger partial charge in [0.1, 0.15) is 0 Å². The predicted molar refractivity (Wildman–Crippen MR) is 85.7 cm³/mol. The molecule has 6 heteroatoms. The van der Waals surface area contributed by atoms with Gasteiger partial charge in [0.25, 0.3) is 0 Å². The van der Waals surface area contributed by atoms with Gasteiger partial charge in [-0.3, -0.25) is 4.68 Å². The van der Waals surface area contributed by atoms with Crippen LogP contribution in [0, 0.1) is 0 Å². The van der Waals surface area contributed by atoms with Crippen molar-refractivity contribution in [3.63, 3.8) is 0 Å². The highest BCUT2D eigenvalue weighted by molar-refractivity contribution is 9.10. The van der Waals surface area contributed by atoms with Crippen LogP contribution in [-0.2, 0) is 19.2 Å². The van der Waals surface area contributed by atoms with E-state index in [9.17, 15) is 0 Å². The highest BCUT2D eigenvalue weighted by Crippen LogP contribution is 2.36. The van der Waals surface area contributed by atoms with Crippen LogP contribution in [0.5, 0.6) is 0 Å². The van der Waals surface area contributed by atoms with Gasteiger partial charge in [0.05, 0.1) is 20.9 Å². The number of nitrogen functional groups attached to an aromatic ring is 1. The number of aromatic nitrogens is 2. The minimum atomic E-state index is 0.694. The van der Waals surface area contributed by atoms with E-state index in [0.717, 1.165) is 32.9 Å². The van der Waals surface area contributed by atoms with Gasteiger partial charge in [0, 0.05) is 23.4 Å². The fraction of sp³-hybridized carbons (Fsp3) is 0.308. The molecule has 102 valence electrons. The Kier molecular flexibility index (Phi) is 4.81. The van der Waals surface area contributed by atoms with Crippen molar-refractivity contribution in [2.45, 2.75) is 24.0 Å². The molecule has 19 heavy (non-hydrogen) atoms. The zero-order valence-corrected chi connectivity index (χ0v) is 13.9. The Hall–Kier alpha value is -0.650. The van der Waals surface area contributed by atoms with E-state index < -0.39 is 0 Å². The highest BCUT2D eigenvalue weighted by atomic mass is 79.9. The van der Waals surface area contributed by atoms with E-state index in [4.69, 9.17) is 17.3 Å². The molecule has 3 nitrogen and oxygen atoms in total. The van der Waals surface area contributed by atoms with E-state index in [1.807, 2.05) is 29.9 Å². The summed E-state index contributed by atoms with van der Waals surface area (Å²) < 4.78 is 2.98. The summed E-state index contributed by atoms with van der Waals surface area (Å²) in [6.07, 6.45) is 0.910.